The molecule has 2 aromatic heterocycles. The smallest absolute Gasteiger partial charge is 0.273 e. The van der Waals surface area contributed by atoms with Crippen LogP contribution >= 0.6 is 50.2 Å². The first-order valence-electron chi connectivity index (χ1n) is 6.74. The van der Waals surface area contributed by atoms with Crippen LogP contribution in [0.2, 0.25) is 5.02 Å². The molecule has 3 rings (SSSR count). The summed E-state index contributed by atoms with van der Waals surface area (Å²) in [4.78, 5) is 19.8. The molecular weight excluding hydrogens is 416 g/mol. The predicted molar refractivity (Wildman–Crippen MR) is 100 cm³/mol. The highest BCUT2D eigenvalue weighted by Crippen LogP contribution is 2.26. The molecule has 0 saturated heterocycles. The van der Waals surface area contributed by atoms with Crippen molar-refractivity contribution in [2.24, 2.45) is 0 Å². The zero-order valence-electron chi connectivity index (χ0n) is 12.1. The molecule has 3 nitrogen and oxygen atoms in total. The Kier molecular flexibility index (Phi) is 5.16. The molecule has 0 unspecified atom stereocenters. The van der Waals surface area contributed by atoms with Crippen molar-refractivity contribution in [3.05, 3.63) is 61.2 Å². The van der Waals surface area contributed by atoms with Crippen LogP contribution in [0.25, 0.3) is 10.6 Å². The summed E-state index contributed by atoms with van der Waals surface area (Å²) in [5.74, 6) is -0.0778. The predicted octanol–water partition coefficient (Wildman–Crippen LogP) is 5.56. The first-order valence-corrected chi connectivity index (χ1v) is 9.61. The molecule has 2 heterocycles. The second-order valence-corrected chi connectivity index (χ2v) is 8.75. The van der Waals surface area contributed by atoms with Gasteiger partial charge in [-0.1, -0.05) is 23.7 Å². The van der Waals surface area contributed by atoms with Gasteiger partial charge in [-0.05, 0) is 40.2 Å². The molecule has 3 aromatic rings. The van der Waals surface area contributed by atoms with E-state index in [2.05, 4.69) is 20.9 Å². The lowest BCUT2D eigenvalue weighted by molar-refractivity contribution is 0.0781. The zero-order chi connectivity index (χ0) is 16.4. The van der Waals surface area contributed by atoms with Gasteiger partial charge in [-0.2, -0.15) is 0 Å². The Balaban J connectivity index is 1.74. The molecule has 0 aliphatic heterocycles. The van der Waals surface area contributed by atoms with Crippen molar-refractivity contribution in [1.29, 1.82) is 0 Å². The lowest BCUT2D eigenvalue weighted by Crippen LogP contribution is -2.26. The number of hydrogen-bond donors (Lipinski definition) is 0. The van der Waals surface area contributed by atoms with Crippen LogP contribution in [0.15, 0.2) is 45.6 Å². The highest BCUT2D eigenvalue weighted by atomic mass is 79.9. The Morgan fingerprint density at radius 2 is 2.00 bits per heavy atom. The quantitative estimate of drug-likeness (QED) is 0.546. The van der Waals surface area contributed by atoms with Crippen LogP contribution in [-0.2, 0) is 6.54 Å². The molecular formula is C16H12BrClN2OS2. The van der Waals surface area contributed by atoms with Gasteiger partial charge in [0.1, 0.15) is 10.7 Å². The number of carbonyl (C=O) groups is 1. The average Bonchev–Trinajstić information content (AvgIpc) is 3.16. The molecule has 0 atom stereocenters. The Hall–Kier alpha value is -1.21. The normalized spacial score (nSPS) is 10.7. The maximum absolute atomic E-state index is 12.5. The van der Waals surface area contributed by atoms with Crippen LogP contribution in [0.1, 0.15) is 15.4 Å². The zero-order valence-corrected chi connectivity index (χ0v) is 16.1. The fraction of sp³-hybridized carbons (Fsp3) is 0.125. The molecule has 0 bridgehead atoms. The van der Waals surface area contributed by atoms with E-state index >= 15 is 0 Å². The summed E-state index contributed by atoms with van der Waals surface area (Å²) in [5.41, 5.74) is 1.43. The number of benzene rings is 1. The van der Waals surface area contributed by atoms with E-state index in [0.29, 0.717) is 17.3 Å². The van der Waals surface area contributed by atoms with Crippen LogP contribution in [-0.4, -0.2) is 22.8 Å². The van der Waals surface area contributed by atoms with Gasteiger partial charge in [0.15, 0.2) is 0 Å². The van der Waals surface area contributed by atoms with Gasteiger partial charge in [0.25, 0.3) is 5.91 Å². The number of hydrogen-bond acceptors (Lipinski definition) is 4. The topological polar surface area (TPSA) is 33.2 Å². The monoisotopic (exact) mass is 426 g/mol. The number of thiazole rings is 1. The van der Waals surface area contributed by atoms with E-state index < -0.39 is 0 Å². The minimum atomic E-state index is -0.0778. The Morgan fingerprint density at radius 1 is 1.26 bits per heavy atom. The van der Waals surface area contributed by atoms with Gasteiger partial charge in [0.2, 0.25) is 0 Å². The van der Waals surface area contributed by atoms with E-state index in [9.17, 15) is 4.79 Å². The number of halogens is 2. The van der Waals surface area contributed by atoms with E-state index in [1.165, 1.54) is 11.3 Å². The fourth-order valence-corrected chi connectivity index (χ4v) is 4.50. The van der Waals surface area contributed by atoms with Crippen molar-refractivity contribution < 1.29 is 4.79 Å². The molecule has 0 fully saturated rings. The van der Waals surface area contributed by atoms with Crippen LogP contribution in [0.5, 0.6) is 0 Å². The SMILES string of the molecule is CN(Cc1ccc(Br)s1)C(=O)c1csc(-c2ccc(Cl)cc2)n1. The summed E-state index contributed by atoms with van der Waals surface area (Å²) in [6.45, 7) is 0.572. The molecule has 0 N–H and O–H groups in total. The van der Waals surface area contributed by atoms with Gasteiger partial charge in [0, 0.05) is 27.9 Å². The maximum Gasteiger partial charge on any atom is 0.273 e. The van der Waals surface area contributed by atoms with E-state index in [1.54, 1.807) is 28.7 Å². The summed E-state index contributed by atoms with van der Waals surface area (Å²) in [6, 6.07) is 11.4. The fourth-order valence-electron chi connectivity index (χ4n) is 2.03. The van der Waals surface area contributed by atoms with E-state index in [4.69, 9.17) is 11.6 Å². The van der Waals surface area contributed by atoms with Gasteiger partial charge in [-0.3, -0.25) is 4.79 Å². The van der Waals surface area contributed by atoms with E-state index in [0.717, 1.165) is 19.2 Å². The molecule has 7 heteroatoms. The van der Waals surface area contributed by atoms with Crippen molar-refractivity contribution in [2.75, 3.05) is 7.05 Å². The number of nitrogens with zero attached hydrogens (tertiary/aromatic N) is 2. The van der Waals surface area contributed by atoms with Gasteiger partial charge in [-0.25, -0.2) is 4.98 Å². The lowest BCUT2D eigenvalue weighted by atomic mass is 10.2. The molecule has 0 spiro atoms. The molecule has 118 valence electrons. The average molecular weight is 428 g/mol. The molecule has 0 aliphatic rings. The molecule has 0 aliphatic carbocycles. The maximum atomic E-state index is 12.5. The Labute approximate surface area is 155 Å². The summed E-state index contributed by atoms with van der Waals surface area (Å²) >= 11 is 12.4. The van der Waals surface area contributed by atoms with Crippen LogP contribution in [0.3, 0.4) is 0 Å². The molecule has 23 heavy (non-hydrogen) atoms. The third-order valence-electron chi connectivity index (χ3n) is 3.18. The number of carbonyl (C=O) groups excluding carboxylic acids is 1. The summed E-state index contributed by atoms with van der Waals surface area (Å²) in [7, 11) is 1.79. The van der Waals surface area contributed by atoms with Crippen LogP contribution in [0.4, 0.5) is 0 Å². The lowest BCUT2D eigenvalue weighted by Gasteiger charge is -2.14. The number of aromatic nitrogens is 1. The number of thiophene rings is 1. The molecule has 0 radical (unpaired) electrons. The summed E-state index contributed by atoms with van der Waals surface area (Å²) in [6.07, 6.45) is 0. The second kappa shape index (κ2) is 7.13. The van der Waals surface area contributed by atoms with Crippen molar-refractivity contribution in [2.45, 2.75) is 6.54 Å². The minimum Gasteiger partial charge on any atom is -0.335 e. The van der Waals surface area contributed by atoms with Gasteiger partial charge in [-0.15, -0.1) is 22.7 Å². The van der Waals surface area contributed by atoms with E-state index in [1.807, 2.05) is 36.4 Å². The molecule has 0 saturated carbocycles. The van der Waals surface area contributed by atoms with Crippen LogP contribution < -0.4 is 0 Å². The second-order valence-electron chi connectivity index (χ2n) is 4.91. The van der Waals surface area contributed by atoms with Gasteiger partial charge >= 0.3 is 0 Å². The van der Waals surface area contributed by atoms with Crippen molar-refractivity contribution in [1.82, 2.24) is 9.88 Å². The third kappa shape index (κ3) is 4.01. The third-order valence-corrected chi connectivity index (χ3v) is 5.93. The Bertz CT molecular complexity index is 829. The minimum absolute atomic E-state index is 0.0778. The van der Waals surface area contributed by atoms with Crippen molar-refractivity contribution in [3.8, 4) is 10.6 Å². The van der Waals surface area contributed by atoms with Crippen molar-refractivity contribution >= 4 is 56.1 Å². The van der Waals surface area contributed by atoms with Crippen molar-refractivity contribution in [3.63, 3.8) is 0 Å². The molecule has 1 amide bonds. The van der Waals surface area contributed by atoms with Gasteiger partial charge < -0.3 is 4.90 Å². The van der Waals surface area contributed by atoms with Gasteiger partial charge in [0.05, 0.1) is 10.3 Å². The molecule has 1 aromatic carbocycles. The highest BCUT2D eigenvalue weighted by Gasteiger charge is 2.17. The summed E-state index contributed by atoms with van der Waals surface area (Å²) < 4.78 is 1.06. The summed E-state index contributed by atoms with van der Waals surface area (Å²) in [5, 5.41) is 3.30. The first kappa shape index (κ1) is 16.6. The number of amides is 1. The Morgan fingerprint density at radius 3 is 2.65 bits per heavy atom. The van der Waals surface area contributed by atoms with E-state index in [-0.39, 0.29) is 5.91 Å². The largest absolute Gasteiger partial charge is 0.335 e. The number of rotatable bonds is 4. The van der Waals surface area contributed by atoms with Crippen LogP contribution in [0, 0.1) is 0 Å². The first-order chi connectivity index (χ1) is 11.0. The standard InChI is InChI=1S/C16H12BrClN2OS2/c1-20(8-12-6-7-14(17)23-12)16(21)13-9-22-15(19-13)10-2-4-11(18)5-3-10/h2-7,9H,8H2,1H3. The highest BCUT2D eigenvalue weighted by molar-refractivity contribution is 9.11.